The second-order valence-electron chi connectivity index (χ2n) is 5.09. The van der Waals surface area contributed by atoms with Crippen LogP contribution in [0.2, 0.25) is 0 Å². The van der Waals surface area contributed by atoms with Crippen molar-refractivity contribution in [2.24, 2.45) is 0 Å². The van der Waals surface area contributed by atoms with Gasteiger partial charge < -0.3 is 15.8 Å². The maximum Gasteiger partial charge on any atom is 0.253 e. The van der Waals surface area contributed by atoms with E-state index in [1.54, 1.807) is 24.3 Å². The zero-order valence-electron chi connectivity index (χ0n) is 12.3. The molecule has 0 spiro atoms. The summed E-state index contributed by atoms with van der Waals surface area (Å²) < 4.78 is 5.64. The summed E-state index contributed by atoms with van der Waals surface area (Å²) in [6.45, 7) is 4.32. The molecule has 3 N–H and O–H groups in total. The SMILES string of the molecule is Cc1ccc(OCC(C)NC(=O)c2ccccc2N)cc1. The molecule has 0 aliphatic rings. The second-order valence-corrected chi connectivity index (χ2v) is 5.09. The molecule has 0 heterocycles. The number of hydrogen-bond donors (Lipinski definition) is 2. The van der Waals surface area contributed by atoms with Crippen molar-refractivity contribution in [3.63, 3.8) is 0 Å². The average molecular weight is 284 g/mol. The highest BCUT2D eigenvalue weighted by Gasteiger charge is 2.12. The predicted octanol–water partition coefficient (Wildman–Crippen LogP) is 2.77. The molecule has 0 fully saturated rings. The summed E-state index contributed by atoms with van der Waals surface area (Å²) in [5.41, 5.74) is 7.93. The molecular formula is C17H20N2O2. The smallest absolute Gasteiger partial charge is 0.253 e. The lowest BCUT2D eigenvalue weighted by Crippen LogP contribution is -2.37. The molecule has 4 heteroatoms. The molecule has 1 amide bonds. The van der Waals surface area contributed by atoms with Crippen molar-refractivity contribution < 1.29 is 9.53 Å². The van der Waals surface area contributed by atoms with Gasteiger partial charge in [0.15, 0.2) is 0 Å². The number of aryl methyl sites for hydroxylation is 1. The summed E-state index contributed by atoms with van der Waals surface area (Å²) >= 11 is 0. The number of nitrogens with two attached hydrogens (primary N) is 1. The third-order valence-electron chi connectivity index (χ3n) is 3.10. The third-order valence-corrected chi connectivity index (χ3v) is 3.10. The largest absolute Gasteiger partial charge is 0.491 e. The Morgan fingerprint density at radius 1 is 1.19 bits per heavy atom. The van der Waals surface area contributed by atoms with Gasteiger partial charge in [0.05, 0.1) is 11.6 Å². The fraction of sp³-hybridized carbons (Fsp3) is 0.235. The predicted molar refractivity (Wildman–Crippen MR) is 84.5 cm³/mol. The molecule has 1 unspecified atom stereocenters. The lowest BCUT2D eigenvalue weighted by Gasteiger charge is -2.16. The summed E-state index contributed by atoms with van der Waals surface area (Å²) in [6, 6.07) is 14.7. The average Bonchev–Trinajstić information content (AvgIpc) is 2.47. The van der Waals surface area contributed by atoms with Crippen LogP contribution in [0.3, 0.4) is 0 Å². The zero-order chi connectivity index (χ0) is 15.2. The monoisotopic (exact) mass is 284 g/mol. The molecule has 2 rings (SSSR count). The number of rotatable bonds is 5. The molecule has 0 aliphatic carbocycles. The van der Waals surface area contributed by atoms with E-state index in [2.05, 4.69) is 5.32 Å². The summed E-state index contributed by atoms with van der Waals surface area (Å²) in [5, 5.41) is 2.87. The first-order valence-corrected chi connectivity index (χ1v) is 6.91. The molecule has 0 radical (unpaired) electrons. The van der Waals surface area contributed by atoms with E-state index in [1.165, 1.54) is 5.56 Å². The van der Waals surface area contributed by atoms with Crippen molar-refractivity contribution in [2.45, 2.75) is 19.9 Å². The van der Waals surface area contributed by atoms with Crippen LogP contribution in [-0.4, -0.2) is 18.6 Å². The molecule has 0 bridgehead atoms. The lowest BCUT2D eigenvalue weighted by atomic mass is 10.1. The molecule has 2 aromatic carbocycles. The molecule has 0 aromatic heterocycles. The molecule has 110 valence electrons. The van der Waals surface area contributed by atoms with E-state index >= 15 is 0 Å². The van der Waals surface area contributed by atoms with Gasteiger partial charge in [0.25, 0.3) is 5.91 Å². The number of benzene rings is 2. The van der Waals surface area contributed by atoms with Gasteiger partial charge in [-0.05, 0) is 38.1 Å². The van der Waals surface area contributed by atoms with Crippen molar-refractivity contribution >= 4 is 11.6 Å². The number of carbonyl (C=O) groups is 1. The Bertz CT molecular complexity index is 608. The van der Waals surface area contributed by atoms with Crippen molar-refractivity contribution in [1.82, 2.24) is 5.32 Å². The van der Waals surface area contributed by atoms with Crippen LogP contribution in [0, 0.1) is 6.92 Å². The van der Waals surface area contributed by atoms with Crippen LogP contribution in [0.1, 0.15) is 22.8 Å². The van der Waals surface area contributed by atoms with E-state index in [4.69, 9.17) is 10.5 Å². The molecule has 0 aliphatic heterocycles. The number of ether oxygens (including phenoxy) is 1. The van der Waals surface area contributed by atoms with Crippen molar-refractivity contribution in [1.29, 1.82) is 0 Å². The lowest BCUT2D eigenvalue weighted by molar-refractivity contribution is 0.0927. The second kappa shape index (κ2) is 6.79. The number of anilines is 1. The minimum atomic E-state index is -0.187. The van der Waals surface area contributed by atoms with E-state index < -0.39 is 0 Å². The van der Waals surface area contributed by atoms with Crippen LogP contribution in [-0.2, 0) is 0 Å². The standard InChI is InChI=1S/C17H20N2O2/c1-12-7-9-14(10-8-12)21-11-13(2)19-17(20)15-5-3-4-6-16(15)18/h3-10,13H,11,18H2,1-2H3,(H,19,20). The van der Waals surface area contributed by atoms with Gasteiger partial charge in [0, 0.05) is 5.69 Å². The number of nitrogen functional groups attached to an aromatic ring is 1. The topological polar surface area (TPSA) is 64.3 Å². The van der Waals surface area contributed by atoms with Crippen LogP contribution in [0.25, 0.3) is 0 Å². The highest BCUT2D eigenvalue weighted by atomic mass is 16.5. The highest BCUT2D eigenvalue weighted by molar-refractivity contribution is 5.99. The molecule has 0 saturated carbocycles. The zero-order valence-corrected chi connectivity index (χ0v) is 12.3. The van der Waals surface area contributed by atoms with Gasteiger partial charge in [-0.3, -0.25) is 4.79 Å². The summed E-state index contributed by atoms with van der Waals surface area (Å²) in [7, 11) is 0. The van der Waals surface area contributed by atoms with Gasteiger partial charge in [-0.15, -0.1) is 0 Å². The number of amides is 1. The number of carbonyl (C=O) groups excluding carboxylic acids is 1. The Balaban J connectivity index is 1.87. The van der Waals surface area contributed by atoms with Gasteiger partial charge in [0.2, 0.25) is 0 Å². The maximum absolute atomic E-state index is 12.1. The van der Waals surface area contributed by atoms with Crippen LogP contribution >= 0.6 is 0 Å². The Kier molecular flexibility index (Phi) is 4.82. The fourth-order valence-electron chi connectivity index (χ4n) is 1.90. The first-order chi connectivity index (χ1) is 10.1. The Morgan fingerprint density at radius 3 is 2.52 bits per heavy atom. The van der Waals surface area contributed by atoms with Gasteiger partial charge in [-0.25, -0.2) is 0 Å². The van der Waals surface area contributed by atoms with E-state index in [1.807, 2.05) is 38.1 Å². The molecule has 2 aromatic rings. The van der Waals surface area contributed by atoms with Crippen LogP contribution in [0.15, 0.2) is 48.5 Å². The van der Waals surface area contributed by atoms with Gasteiger partial charge in [-0.2, -0.15) is 0 Å². The molecule has 21 heavy (non-hydrogen) atoms. The van der Waals surface area contributed by atoms with E-state index in [-0.39, 0.29) is 11.9 Å². The van der Waals surface area contributed by atoms with Crippen LogP contribution in [0.5, 0.6) is 5.75 Å². The number of para-hydroxylation sites is 1. The molecule has 0 saturated heterocycles. The minimum absolute atomic E-state index is 0.113. The minimum Gasteiger partial charge on any atom is -0.491 e. The molecule has 1 atom stereocenters. The van der Waals surface area contributed by atoms with Gasteiger partial charge in [-0.1, -0.05) is 29.8 Å². The Hall–Kier alpha value is -2.49. The van der Waals surface area contributed by atoms with Crippen molar-refractivity contribution in [2.75, 3.05) is 12.3 Å². The van der Waals surface area contributed by atoms with Crippen LogP contribution < -0.4 is 15.8 Å². The summed E-state index contributed by atoms with van der Waals surface area (Å²) in [6.07, 6.45) is 0. The molecule has 4 nitrogen and oxygen atoms in total. The maximum atomic E-state index is 12.1. The highest BCUT2D eigenvalue weighted by Crippen LogP contribution is 2.12. The fourth-order valence-corrected chi connectivity index (χ4v) is 1.90. The summed E-state index contributed by atoms with van der Waals surface area (Å²) in [5.74, 6) is 0.606. The quantitative estimate of drug-likeness (QED) is 0.830. The normalized spacial score (nSPS) is 11.7. The first-order valence-electron chi connectivity index (χ1n) is 6.91. The molecular weight excluding hydrogens is 264 g/mol. The van der Waals surface area contributed by atoms with E-state index in [0.717, 1.165) is 5.75 Å². The Morgan fingerprint density at radius 2 is 1.86 bits per heavy atom. The first kappa shape index (κ1) is 14.9. The Labute approximate surface area is 124 Å². The van der Waals surface area contributed by atoms with Crippen molar-refractivity contribution in [3.8, 4) is 5.75 Å². The number of hydrogen-bond acceptors (Lipinski definition) is 3. The van der Waals surface area contributed by atoms with Gasteiger partial charge >= 0.3 is 0 Å². The third kappa shape index (κ3) is 4.24. The van der Waals surface area contributed by atoms with E-state index in [0.29, 0.717) is 17.9 Å². The van der Waals surface area contributed by atoms with Crippen LogP contribution in [0.4, 0.5) is 5.69 Å². The number of nitrogens with one attached hydrogen (secondary N) is 1. The van der Waals surface area contributed by atoms with Crippen molar-refractivity contribution in [3.05, 3.63) is 59.7 Å². The van der Waals surface area contributed by atoms with E-state index in [9.17, 15) is 4.79 Å². The summed E-state index contributed by atoms with van der Waals surface area (Å²) in [4.78, 5) is 12.1. The van der Waals surface area contributed by atoms with Gasteiger partial charge in [0.1, 0.15) is 12.4 Å².